The number of anilines is 1. The summed E-state index contributed by atoms with van der Waals surface area (Å²) < 4.78 is 40.1. The number of nitrogen functional groups attached to an aromatic ring is 1. The first-order valence-corrected chi connectivity index (χ1v) is 4.61. The molecular formula is C10H10F3NO. The Hall–Kier alpha value is -1.39. The second kappa shape index (κ2) is 3.32. The van der Waals surface area contributed by atoms with Crippen molar-refractivity contribution in [3.05, 3.63) is 23.8 Å². The van der Waals surface area contributed by atoms with E-state index < -0.39 is 6.36 Å². The van der Waals surface area contributed by atoms with Crippen LogP contribution in [0, 0.1) is 0 Å². The number of rotatable bonds is 2. The van der Waals surface area contributed by atoms with E-state index in [4.69, 9.17) is 5.73 Å². The zero-order valence-electron chi connectivity index (χ0n) is 7.84. The average Bonchev–Trinajstić information content (AvgIpc) is 2.88. The highest BCUT2D eigenvalue weighted by molar-refractivity contribution is 5.50. The van der Waals surface area contributed by atoms with Gasteiger partial charge in [-0.3, -0.25) is 0 Å². The van der Waals surface area contributed by atoms with Gasteiger partial charge in [0.25, 0.3) is 0 Å². The van der Waals surface area contributed by atoms with Crippen molar-refractivity contribution in [2.45, 2.75) is 25.1 Å². The highest BCUT2D eigenvalue weighted by Gasteiger charge is 2.35. The van der Waals surface area contributed by atoms with Gasteiger partial charge in [-0.1, -0.05) is 0 Å². The highest BCUT2D eigenvalue weighted by atomic mass is 19.4. The Kier molecular flexibility index (Phi) is 2.25. The Balaban J connectivity index is 2.29. The number of alkyl halides is 3. The second-order valence-corrected chi connectivity index (χ2v) is 3.62. The molecule has 0 saturated heterocycles. The monoisotopic (exact) mass is 217 g/mol. The normalized spacial score (nSPS) is 16.5. The van der Waals surface area contributed by atoms with Crippen LogP contribution in [0.25, 0.3) is 0 Å². The fourth-order valence-corrected chi connectivity index (χ4v) is 1.50. The van der Waals surface area contributed by atoms with E-state index in [1.54, 1.807) is 6.07 Å². The van der Waals surface area contributed by atoms with Crippen LogP contribution in [0.1, 0.15) is 24.3 Å². The molecule has 0 atom stereocenters. The summed E-state index contributed by atoms with van der Waals surface area (Å²) in [6, 6.07) is 4.24. The number of halogens is 3. The molecule has 0 aromatic heterocycles. The first kappa shape index (κ1) is 10.1. The Labute approximate surface area is 84.8 Å². The van der Waals surface area contributed by atoms with E-state index in [-0.39, 0.29) is 11.7 Å². The molecule has 1 aromatic rings. The molecule has 0 radical (unpaired) electrons. The molecule has 2 nitrogen and oxygen atoms in total. The molecule has 1 aliphatic carbocycles. The third kappa shape index (κ3) is 2.55. The van der Waals surface area contributed by atoms with Crippen molar-refractivity contribution >= 4 is 5.69 Å². The summed E-state index contributed by atoms with van der Waals surface area (Å²) in [5, 5.41) is 0. The number of benzene rings is 1. The molecule has 1 aliphatic rings. The van der Waals surface area contributed by atoms with E-state index >= 15 is 0 Å². The fraction of sp³-hybridized carbons (Fsp3) is 0.400. The third-order valence-electron chi connectivity index (χ3n) is 2.28. The van der Waals surface area contributed by atoms with Gasteiger partial charge < -0.3 is 10.5 Å². The number of hydrogen-bond donors (Lipinski definition) is 1. The van der Waals surface area contributed by atoms with E-state index in [0.29, 0.717) is 11.3 Å². The van der Waals surface area contributed by atoms with Gasteiger partial charge in [0, 0.05) is 5.69 Å². The maximum Gasteiger partial charge on any atom is 0.573 e. The number of hydrogen-bond acceptors (Lipinski definition) is 2. The second-order valence-electron chi connectivity index (χ2n) is 3.62. The maximum absolute atomic E-state index is 12.1. The van der Waals surface area contributed by atoms with Crippen LogP contribution < -0.4 is 10.5 Å². The van der Waals surface area contributed by atoms with Crippen LogP contribution in [0.15, 0.2) is 18.2 Å². The summed E-state index contributed by atoms with van der Waals surface area (Å²) in [5.74, 6) is 0.0463. The summed E-state index contributed by atoms with van der Waals surface area (Å²) in [5.41, 5.74) is 6.55. The summed E-state index contributed by atoms with van der Waals surface area (Å²) in [7, 11) is 0. The lowest BCUT2D eigenvalue weighted by Crippen LogP contribution is -2.18. The van der Waals surface area contributed by atoms with E-state index in [1.807, 2.05) is 0 Å². The Morgan fingerprint density at radius 1 is 1.27 bits per heavy atom. The van der Waals surface area contributed by atoms with Gasteiger partial charge in [-0.2, -0.15) is 0 Å². The van der Waals surface area contributed by atoms with Gasteiger partial charge in [0.1, 0.15) is 5.75 Å². The molecule has 82 valence electrons. The predicted octanol–water partition coefficient (Wildman–Crippen LogP) is 3.04. The quantitative estimate of drug-likeness (QED) is 0.772. The number of nitrogens with two attached hydrogens (primary N) is 1. The molecule has 0 spiro atoms. The molecule has 0 heterocycles. The SMILES string of the molecule is Nc1ccc(OC(F)(F)F)c(C2CC2)c1. The molecule has 0 bridgehead atoms. The minimum atomic E-state index is -4.64. The first-order valence-electron chi connectivity index (χ1n) is 4.61. The molecule has 2 N–H and O–H groups in total. The van der Waals surface area contributed by atoms with E-state index in [1.165, 1.54) is 12.1 Å². The van der Waals surface area contributed by atoms with Crippen LogP contribution in [0.3, 0.4) is 0 Å². The van der Waals surface area contributed by atoms with Gasteiger partial charge in [0.15, 0.2) is 0 Å². The number of ether oxygens (including phenoxy) is 1. The topological polar surface area (TPSA) is 35.2 Å². The molecule has 1 fully saturated rings. The van der Waals surface area contributed by atoms with Crippen molar-refractivity contribution in [1.29, 1.82) is 0 Å². The molecule has 1 aromatic carbocycles. The highest BCUT2D eigenvalue weighted by Crippen LogP contribution is 2.45. The predicted molar refractivity (Wildman–Crippen MR) is 49.5 cm³/mol. The van der Waals surface area contributed by atoms with Crippen molar-refractivity contribution in [3.8, 4) is 5.75 Å². The largest absolute Gasteiger partial charge is 0.573 e. The first-order chi connectivity index (χ1) is 6.96. The summed E-state index contributed by atoms with van der Waals surface area (Å²) >= 11 is 0. The minimum absolute atomic E-state index is 0.126. The summed E-state index contributed by atoms with van der Waals surface area (Å²) in [6.07, 6.45) is -2.84. The molecular weight excluding hydrogens is 207 g/mol. The van der Waals surface area contributed by atoms with E-state index in [9.17, 15) is 13.2 Å². The zero-order chi connectivity index (χ0) is 11.1. The zero-order valence-corrected chi connectivity index (χ0v) is 7.84. The molecule has 0 unspecified atom stereocenters. The van der Waals surface area contributed by atoms with E-state index in [2.05, 4.69) is 4.74 Å². The van der Waals surface area contributed by atoms with Crippen molar-refractivity contribution in [3.63, 3.8) is 0 Å². The Bertz CT molecular complexity index is 371. The molecule has 15 heavy (non-hydrogen) atoms. The fourth-order valence-electron chi connectivity index (χ4n) is 1.50. The van der Waals surface area contributed by atoms with E-state index in [0.717, 1.165) is 12.8 Å². The molecule has 2 rings (SSSR count). The smallest absolute Gasteiger partial charge is 0.405 e. The lowest BCUT2D eigenvalue weighted by Gasteiger charge is -2.13. The molecule has 0 aliphatic heterocycles. The van der Waals surface area contributed by atoms with Crippen LogP contribution in [0.4, 0.5) is 18.9 Å². The lowest BCUT2D eigenvalue weighted by molar-refractivity contribution is -0.274. The Morgan fingerprint density at radius 3 is 2.47 bits per heavy atom. The van der Waals surface area contributed by atoms with Crippen LogP contribution >= 0.6 is 0 Å². The van der Waals surface area contributed by atoms with Gasteiger partial charge in [0.2, 0.25) is 0 Å². The van der Waals surface area contributed by atoms with Crippen molar-refractivity contribution < 1.29 is 17.9 Å². The maximum atomic E-state index is 12.1. The van der Waals surface area contributed by atoms with Crippen molar-refractivity contribution in [2.75, 3.05) is 5.73 Å². The van der Waals surface area contributed by atoms with Gasteiger partial charge >= 0.3 is 6.36 Å². The Morgan fingerprint density at radius 2 is 1.93 bits per heavy atom. The minimum Gasteiger partial charge on any atom is -0.405 e. The van der Waals surface area contributed by atoms with Crippen LogP contribution in [0.5, 0.6) is 5.75 Å². The molecule has 5 heteroatoms. The average molecular weight is 217 g/mol. The van der Waals surface area contributed by atoms with Gasteiger partial charge in [-0.15, -0.1) is 13.2 Å². The van der Waals surface area contributed by atoms with Crippen LogP contribution in [-0.4, -0.2) is 6.36 Å². The van der Waals surface area contributed by atoms with Crippen molar-refractivity contribution in [1.82, 2.24) is 0 Å². The van der Waals surface area contributed by atoms with Gasteiger partial charge in [-0.25, -0.2) is 0 Å². The van der Waals surface area contributed by atoms with Crippen molar-refractivity contribution in [2.24, 2.45) is 0 Å². The molecule has 0 amide bonds. The third-order valence-corrected chi connectivity index (χ3v) is 2.28. The summed E-state index contributed by atoms with van der Waals surface area (Å²) in [6.45, 7) is 0. The standard InChI is InChI=1S/C10H10F3NO/c11-10(12,13)15-9-4-3-7(14)5-8(9)6-1-2-6/h3-6H,1-2,14H2. The summed E-state index contributed by atoms with van der Waals surface area (Å²) in [4.78, 5) is 0. The van der Waals surface area contributed by atoms with Crippen LogP contribution in [-0.2, 0) is 0 Å². The van der Waals surface area contributed by atoms with Gasteiger partial charge in [0.05, 0.1) is 0 Å². The lowest BCUT2D eigenvalue weighted by atomic mass is 10.1. The molecule has 1 saturated carbocycles. The van der Waals surface area contributed by atoms with Gasteiger partial charge in [-0.05, 0) is 42.5 Å². The van der Waals surface area contributed by atoms with Crippen LogP contribution in [0.2, 0.25) is 0 Å².